The molecule has 0 amide bonds. The molecule has 0 atom stereocenters. The number of rotatable bonds is 0. The molecule has 0 fully saturated rings. The second-order valence-corrected chi connectivity index (χ2v) is 3.54. The van der Waals surface area contributed by atoms with E-state index in [9.17, 15) is 5.11 Å². The highest BCUT2D eigenvalue weighted by Gasteiger charge is 2.11. The molecule has 0 unspecified atom stereocenters. The molecule has 2 heteroatoms. The number of hydrogen-bond donors (Lipinski definition) is 1. The van der Waals surface area contributed by atoms with Crippen molar-refractivity contribution < 1.29 is 9.51 Å². The van der Waals surface area contributed by atoms with Crippen LogP contribution in [0.5, 0.6) is 5.75 Å². The van der Waals surface area contributed by atoms with E-state index < -0.39 is 0 Å². The van der Waals surface area contributed by atoms with Gasteiger partial charge in [0.15, 0.2) is 6.20 Å². The Kier molecular flexibility index (Phi) is 3.24. The largest absolute Gasteiger partial charge is 0.507 e. The third kappa shape index (κ3) is 1.94. The predicted molar refractivity (Wildman–Crippen MR) is 70.1 cm³/mol. The van der Waals surface area contributed by atoms with Gasteiger partial charge in [0, 0.05) is 18.2 Å². The molecule has 0 aliphatic rings. The van der Waals surface area contributed by atoms with Gasteiger partial charge < -0.3 is 5.11 Å². The van der Waals surface area contributed by atoms with Gasteiger partial charge in [-0.15, -0.1) is 0 Å². The van der Waals surface area contributed by atoms with Crippen molar-refractivity contribution >= 4 is 16.4 Å². The maximum Gasteiger partial charge on any atom is 0.222 e. The molecule has 0 spiro atoms. The van der Waals surface area contributed by atoms with Crippen LogP contribution in [-0.4, -0.2) is 5.11 Å². The fourth-order valence-corrected chi connectivity index (χ4v) is 1.91. The molecule has 0 aliphatic heterocycles. The number of hydrogen-bond acceptors (Lipinski definition) is 1. The molecule has 0 aliphatic carbocycles. The Morgan fingerprint density at radius 3 is 2.47 bits per heavy atom. The average Bonchev–Trinajstić information content (AvgIpc) is 2.42. The lowest BCUT2D eigenvalue weighted by molar-refractivity contribution is -0.481. The lowest BCUT2D eigenvalue weighted by Gasteiger charge is -1.99. The summed E-state index contributed by atoms with van der Waals surface area (Å²) < 4.78 is 2.06. The van der Waals surface area contributed by atoms with Gasteiger partial charge in [0.25, 0.3) is 0 Å². The summed E-state index contributed by atoms with van der Waals surface area (Å²) >= 11 is 0. The van der Waals surface area contributed by atoms with Crippen LogP contribution in [0.2, 0.25) is 0 Å². The van der Waals surface area contributed by atoms with Crippen LogP contribution in [0.4, 0.5) is 0 Å². The van der Waals surface area contributed by atoms with Crippen molar-refractivity contribution in [3.8, 4) is 5.75 Å². The summed E-state index contributed by atoms with van der Waals surface area (Å²) in [6, 6.07) is 15.5. The third-order valence-electron chi connectivity index (χ3n) is 2.62. The molecule has 1 N–H and O–H groups in total. The fourth-order valence-electron chi connectivity index (χ4n) is 1.91. The number of para-hydroxylation sites is 1. The van der Waals surface area contributed by atoms with Crippen molar-refractivity contribution in [3.63, 3.8) is 0 Å². The number of aromatic nitrogens is 1. The highest BCUT2D eigenvalue weighted by molar-refractivity contribution is 5.83. The fraction of sp³-hybridized carbons (Fsp3) is 0.133. The molecule has 3 rings (SSSR count). The molecule has 0 saturated carbocycles. The van der Waals surface area contributed by atoms with Gasteiger partial charge in [-0.2, -0.15) is 4.40 Å². The summed E-state index contributed by atoms with van der Waals surface area (Å²) in [6.07, 6.45) is 2.00. The Bertz CT molecular complexity index is 647. The van der Waals surface area contributed by atoms with Crippen LogP contribution in [0.15, 0.2) is 54.7 Å². The van der Waals surface area contributed by atoms with E-state index in [0.29, 0.717) is 5.75 Å². The first-order valence-corrected chi connectivity index (χ1v) is 5.87. The molecule has 2 heterocycles. The zero-order valence-corrected chi connectivity index (χ0v) is 10.1. The highest BCUT2D eigenvalue weighted by atomic mass is 16.3. The summed E-state index contributed by atoms with van der Waals surface area (Å²) in [5, 5.41) is 10.7. The number of benzene rings is 1. The van der Waals surface area contributed by atoms with Gasteiger partial charge in [0.2, 0.25) is 11.0 Å². The van der Waals surface area contributed by atoms with E-state index in [2.05, 4.69) is 4.40 Å². The maximum absolute atomic E-state index is 9.86. The van der Waals surface area contributed by atoms with Crippen LogP contribution < -0.4 is 4.40 Å². The van der Waals surface area contributed by atoms with Crippen LogP contribution in [0.3, 0.4) is 0 Å². The second-order valence-electron chi connectivity index (χ2n) is 3.54. The number of pyridine rings is 2. The number of nitrogens with zero attached hydrogens (tertiary/aromatic N) is 1. The zero-order valence-electron chi connectivity index (χ0n) is 10.1. The van der Waals surface area contributed by atoms with E-state index in [4.69, 9.17) is 0 Å². The van der Waals surface area contributed by atoms with Crippen molar-refractivity contribution in [2.45, 2.75) is 13.8 Å². The van der Waals surface area contributed by atoms with Crippen molar-refractivity contribution in [2.75, 3.05) is 0 Å². The van der Waals surface area contributed by atoms with Gasteiger partial charge in [-0.3, -0.25) is 0 Å². The summed E-state index contributed by atoms with van der Waals surface area (Å²) in [7, 11) is 0. The van der Waals surface area contributed by atoms with E-state index in [-0.39, 0.29) is 0 Å². The van der Waals surface area contributed by atoms with Crippen LogP contribution in [-0.2, 0) is 0 Å². The molecule has 2 nitrogen and oxygen atoms in total. The van der Waals surface area contributed by atoms with E-state index in [1.807, 2.05) is 62.5 Å². The monoisotopic (exact) mass is 226 g/mol. The molecule has 17 heavy (non-hydrogen) atoms. The van der Waals surface area contributed by atoms with Gasteiger partial charge in [-0.05, 0) is 12.1 Å². The predicted octanol–water partition coefficient (Wildman–Crippen LogP) is 3.31. The first-order valence-electron chi connectivity index (χ1n) is 5.87. The smallest absolute Gasteiger partial charge is 0.222 e. The zero-order chi connectivity index (χ0) is 12.3. The van der Waals surface area contributed by atoms with E-state index in [1.165, 1.54) is 0 Å². The van der Waals surface area contributed by atoms with Crippen molar-refractivity contribution in [2.24, 2.45) is 0 Å². The Labute approximate surface area is 101 Å². The molecular weight excluding hydrogens is 210 g/mol. The van der Waals surface area contributed by atoms with E-state index >= 15 is 0 Å². The standard InChI is InChI=1S/C13H9NO.C2H6/c15-13-9-10-5-3-4-8-14(10)12-7-2-1-6-11(12)13;1-2/h1-9H;1-2H3/p+1. The Morgan fingerprint density at radius 1 is 0.941 bits per heavy atom. The lowest BCUT2D eigenvalue weighted by atomic mass is 10.2. The van der Waals surface area contributed by atoms with Crippen molar-refractivity contribution in [3.05, 3.63) is 54.7 Å². The number of fused-ring (bicyclic) bond motifs is 3. The van der Waals surface area contributed by atoms with Crippen LogP contribution >= 0.6 is 0 Å². The van der Waals surface area contributed by atoms with Crippen LogP contribution in [0, 0.1) is 0 Å². The summed E-state index contributed by atoms with van der Waals surface area (Å²) in [6.45, 7) is 4.00. The molecule has 1 aromatic carbocycles. The minimum absolute atomic E-state index is 0.330. The summed E-state index contributed by atoms with van der Waals surface area (Å²) in [4.78, 5) is 0. The number of aromatic hydroxyl groups is 1. The van der Waals surface area contributed by atoms with Crippen LogP contribution in [0.1, 0.15) is 13.8 Å². The van der Waals surface area contributed by atoms with Crippen molar-refractivity contribution in [1.29, 1.82) is 0 Å². The molecule has 3 aromatic rings. The van der Waals surface area contributed by atoms with Gasteiger partial charge in [-0.1, -0.05) is 26.0 Å². The Morgan fingerprint density at radius 2 is 1.65 bits per heavy atom. The van der Waals surface area contributed by atoms with Crippen LogP contribution in [0.25, 0.3) is 16.4 Å². The SMILES string of the molecule is CC.Oc1cc2cccc[n+]2c2ccccc12. The molecule has 86 valence electrons. The van der Waals surface area contributed by atoms with Gasteiger partial charge in [-0.25, -0.2) is 0 Å². The summed E-state index contributed by atoms with van der Waals surface area (Å²) in [5.74, 6) is 0.330. The Balaban J connectivity index is 0.000000514. The minimum Gasteiger partial charge on any atom is -0.507 e. The Hall–Kier alpha value is -2.09. The van der Waals surface area contributed by atoms with Gasteiger partial charge in [0.05, 0.1) is 11.5 Å². The molecule has 0 saturated heterocycles. The normalized spacial score (nSPS) is 10.0. The highest BCUT2D eigenvalue weighted by Crippen LogP contribution is 2.22. The second kappa shape index (κ2) is 4.83. The average molecular weight is 226 g/mol. The summed E-state index contributed by atoms with van der Waals surface area (Å²) in [5.41, 5.74) is 2.02. The molecular formula is C15H16NO+. The molecule has 0 bridgehead atoms. The molecule has 0 radical (unpaired) electrons. The van der Waals surface area contributed by atoms with Gasteiger partial charge in [0.1, 0.15) is 5.75 Å². The minimum atomic E-state index is 0.330. The topological polar surface area (TPSA) is 24.3 Å². The first kappa shape index (κ1) is 11.4. The maximum atomic E-state index is 9.86. The van der Waals surface area contributed by atoms with E-state index in [1.54, 1.807) is 6.07 Å². The third-order valence-corrected chi connectivity index (χ3v) is 2.62. The molecule has 2 aromatic heterocycles. The van der Waals surface area contributed by atoms with Gasteiger partial charge >= 0.3 is 0 Å². The quantitative estimate of drug-likeness (QED) is 0.461. The first-order chi connectivity index (χ1) is 8.36. The van der Waals surface area contributed by atoms with E-state index in [0.717, 1.165) is 16.4 Å². The van der Waals surface area contributed by atoms with Crippen molar-refractivity contribution in [1.82, 2.24) is 0 Å². The lowest BCUT2D eigenvalue weighted by Crippen LogP contribution is -2.21.